The number of carbonyl (C=O) groups is 1. The average molecular weight is 334 g/mol. The molecule has 0 saturated carbocycles. The zero-order valence-electron chi connectivity index (χ0n) is 15.9. The van der Waals surface area contributed by atoms with Crippen molar-refractivity contribution in [1.29, 1.82) is 0 Å². The topological polar surface area (TPSA) is 85.2 Å². The van der Waals surface area contributed by atoms with Gasteiger partial charge in [0.2, 0.25) is 0 Å². The lowest BCUT2D eigenvalue weighted by Gasteiger charge is -2.48. The molecule has 1 fully saturated rings. The highest BCUT2D eigenvalue weighted by Crippen LogP contribution is 2.36. The maximum Gasteiger partial charge on any atom is 0.335 e. The van der Waals surface area contributed by atoms with Gasteiger partial charge < -0.3 is 24.4 Å². The number of aliphatic hydroxyl groups is 1. The first kappa shape index (κ1) is 22.3. The Labute approximate surface area is 140 Å². The maximum absolute atomic E-state index is 11.5. The lowest BCUT2D eigenvalue weighted by atomic mass is 9.80. The number of aliphatic hydroxyl groups excluding tert-OH is 1. The fraction of sp³-hybridized carbons (Fsp3) is 0.941. The molecule has 1 aliphatic rings. The third-order valence-electron chi connectivity index (χ3n) is 3.89. The quantitative estimate of drug-likeness (QED) is 0.821. The molecule has 0 aliphatic carbocycles. The molecule has 6 heteroatoms. The van der Waals surface area contributed by atoms with E-state index in [9.17, 15) is 15.0 Å². The van der Waals surface area contributed by atoms with Crippen LogP contribution in [0.2, 0.25) is 0 Å². The van der Waals surface area contributed by atoms with Gasteiger partial charge in [-0.05, 0) is 34.6 Å². The van der Waals surface area contributed by atoms with E-state index in [1.807, 2.05) is 55.4 Å². The molecule has 0 aromatic rings. The molecule has 5 unspecified atom stereocenters. The second-order valence-electron chi connectivity index (χ2n) is 7.17. The summed E-state index contributed by atoms with van der Waals surface area (Å²) in [6.45, 7) is 14.9. The van der Waals surface area contributed by atoms with Crippen LogP contribution < -0.4 is 0 Å². The summed E-state index contributed by atoms with van der Waals surface area (Å²) in [4.78, 5) is 11.5. The molecule has 1 heterocycles. The predicted molar refractivity (Wildman–Crippen MR) is 88.5 cm³/mol. The second kappa shape index (κ2) is 8.42. The Balaban J connectivity index is 0.00000232. The number of aliphatic carboxylic acids is 1. The minimum Gasteiger partial charge on any atom is -0.479 e. The van der Waals surface area contributed by atoms with E-state index >= 15 is 0 Å². The zero-order valence-corrected chi connectivity index (χ0v) is 15.9. The summed E-state index contributed by atoms with van der Waals surface area (Å²) in [6.07, 6.45) is -3.63. The maximum atomic E-state index is 11.5. The van der Waals surface area contributed by atoms with Crippen LogP contribution in [-0.2, 0) is 19.0 Å². The molecule has 0 spiro atoms. The Hall–Kier alpha value is -0.690. The van der Waals surface area contributed by atoms with Crippen molar-refractivity contribution in [1.82, 2.24) is 0 Å². The highest BCUT2D eigenvalue weighted by molar-refractivity contribution is 5.73. The van der Waals surface area contributed by atoms with Gasteiger partial charge in [0.1, 0.15) is 6.10 Å². The fourth-order valence-corrected chi connectivity index (χ4v) is 2.67. The summed E-state index contributed by atoms with van der Waals surface area (Å²) in [7, 11) is 1.54. The number of rotatable bonds is 4. The zero-order chi connectivity index (χ0) is 18.6. The molecule has 1 aliphatic heterocycles. The van der Waals surface area contributed by atoms with Crippen LogP contribution in [0.5, 0.6) is 0 Å². The Morgan fingerprint density at radius 2 is 1.61 bits per heavy atom. The van der Waals surface area contributed by atoms with Gasteiger partial charge in [0, 0.05) is 13.0 Å². The van der Waals surface area contributed by atoms with Gasteiger partial charge in [0.25, 0.3) is 0 Å². The SMILES string of the molecule is CC.COC(C)(C)C1OC(C(=O)O)C(OC(C)(C)C)C(O)C1C. The first-order valence-corrected chi connectivity index (χ1v) is 8.20. The lowest BCUT2D eigenvalue weighted by Crippen LogP contribution is -2.63. The Morgan fingerprint density at radius 3 is 1.96 bits per heavy atom. The number of carboxylic acid groups (broad SMARTS) is 1. The first-order chi connectivity index (χ1) is 10.4. The van der Waals surface area contributed by atoms with Crippen molar-refractivity contribution < 1.29 is 29.2 Å². The number of hydrogen-bond acceptors (Lipinski definition) is 5. The van der Waals surface area contributed by atoms with Gasteiger partial charge in [0.15, 0.2) is 6.10 Å². The predicted octanol–water partition coefficient (Wildman–Crippen LogP) is 2.47. The molecular formula is C17H34O6. The van der Waals surface area contributed by atoms with Gasteiger partial charge in [0.05, 0.1) is 23.4 Å². The van der Waals surface area contributed by atoms with Crippen molar-refractivity contribution in [2.75, 3.05) is 7.11 Å². The first-order valence-electron chi connectivity index (χ1n) is 8.20. The van der Waals surface area contributed by atoms with Gasteiger partial charge in [-0.15, -0.1) is 0 Å². The van der Waals surface area contributed by atoms with E-state index in [2.05, 4.69) is 0 Å². The van der Waals surface area contributed by atoms with Crippen molar-refractivity contribution in [3.8, 4) is 0 Å². The molecule has 0 aromatic heterocycles. The average Bonchev–Trinajstić information content (AvgIpc) is 2.44. The third kappa shape index (κ3) is 5.71. The van der Waals surface area contributed by atoms with Crippen LogP contribution in [-0.4, -0.2) is 58.9 Å². The monoisotopic (exact) mass is 334 g/mol. The van der Waals surface area contributed by atoms with E-state index < -0.39 is 41.6 Å². The smallest absolute Gasteiger partial charge is 0.335 e. The van der Waals surface area contributed by atoms with Crippen LogP contribution in [0.4, 0.5) is 0 Å². The summed E-state index contributed by atoms with van der Waals surface area (Å²) < 4.78 is 16.9. The highest BCUT2D eigenvalue weighted by atomic mass is 16.6. The van der Waals surface area contributed by atoms with Crippen molar-refractivity contribution in [3.63, 3.8) is 0 Å². The van der Waals surface area contributed by atoms with Crippen LogP contribution in [0.25, 0.3) is 0 Å². The number of methoxy groups -OCH3 is 1. The van der Waals surface area contributed by atoms with Gasteiger partial charge in [-0.25, -0.2) is 4.79 Å². The molecule has 1 saturated heterocycles. The van der Waals surface area contributed by atoms with E-state index in [4.69, 9.17) is 14.2 Å². The van der Waals surface area contributed by atoms with E-state index in [0.717, 1.165) is 0 Å². The van der Waals surface area contributed by atoms with E-state index in [1.54, 1.807) is 0 Å². The highest BCUT2D eigenvalue weighted by Gasteiger charge is 2.52. The molecule has 1 rings (SSSR count). The van der Waals surface area contributed by atoms with Crippen LogP contribution in [0, 0.1) is 5.92 Å². The summed E-state index contributed by atoms with van der Waals surface area (Å²) in [5.74, 6) is -1.46. The molecule has 0 bridgehead atoms. The minimum absolute atomic E-state index is 0.317. The molecule has 6 nitrogen and oxygen atoms in total. The Kier molecular flexibility index (Phi) is 8.17. The second-order valence-corrected chi connectivity index (χ2v) is 7.17. The molecular weight excluding hydrogens is 300 g/mol. The summed E-state index contributed by atoms with van der Waals surface area (Å²) in [5, 5.41) is 19.9. The number of hydrogen-bond donors (Lipinski definition) is 2. The normalized spacial score (nSPS) is 32.0. The largest absolute Gasteiger partial charge is 0.479 e. The van der Waals surface area contributed by atoms with Crippen LogP contribution in [0.15, 0.2) is 0 Å². The van der Waals surface area contributed by atoms with E-state index in [1.165, 1.54) is 7.11 Å². The number of carboxylic acids is 1. The molecule has 2 N–H and O–H groups in total. The molecule has 0 amide bonds. The van der Waals surface area contributed by atoms with Crippen molar-refractivity contribution in [2.24, 2.45) is 5.92 Å². The Bertz CT molecular complexity index is 374. The van der Waals surface area contributed by atoms with Crippen LogP contribution in [0.1, 0.15) is 55.4 Å². The standard InChI is InChI=1S/C15H28O6.C2H6/c1-8-9(16)10(21-14(2,3)4)11(13(17)18)20-12(8)15(5,6)19-7;1-2/h8-12,16H,1-7H3,(H,17,18);1-2H3. The van der Waals surface area contributed by atoms with Gasteiger partial charge in [-0.2, -0.15) is 0 Å². The molecule has 0 aromatic carbocycles. The van der Waals surface area contributed by atoms with Crippen molar-refractivity contribution >= 4 is 5.97 Å². The van der Waals surface area contributed by atoms with Crippen molar-refractivity contribution in [3.05, 3.63) is 0 Å². The van der Waals surface area contributed by atoms with Crippen LogP contribution in [0.3, 0.4) is 0 Å². The lowest BCUT2D eigenvalue weighted by molar-refractivity contribution is -0.267. The van der Waals surface area contributed by atoms with E-state index in [0.29, 0.717) is 0 Å². The Morgan fingerprint density at radius 1 is 1.13 bits per heavy atom. The summed E-state index contributed by atoms with van der Waals surface area (Å²) in [6, 6.07) is 0. The van der Waals surface area contributed by atoms with Gasteiger partial charge in [-0.3, -0.25) is 0 Å². The van der Waals surface area contributed by atoms with Gasteiger partial charge in [-0.1, -0.05) is 20.8 Å². The number of ether oxygens (including phenoxy) is 3. The van der Waals surface area contributed by atoms with Crippen LogP contribution >= 0.6 is 0 Å². The van der Waals surface area contributed by atoms with Crippen molar-refractivity contribution in [2.45, 2.75) is 91.0 Å². The molecule has 5 atom stereocenters. The molecule has 138 valence electrons. The molecule has 23 heavy (non-hydrogen) atoms. The van der Waals surface area contributed by atoms with Gasteiger partial charge >= 0.3 is 5.97 Å². The van der Waals surface area contributed by atoms with E-state index in [-0.39, 0.29) is 5.92 Å². The summed E-state index contributed by atoms with van der Waals surface area (Å²) >= 11 is 0. The fourth-order valence-electron chi connectivity index (χ4n) is 2.67. The summed E-state index contributed by atoms with van der Waals surface area (Å²) in [5.41, 5.74) is -1.28. The minimum atomic E-state index is -1.23. The third-order valence-corrected chi connectivity index (χ3v) is 3.89. The molecule has 0 radical (unpaired) electrons.